The van der Waals surface area contributed by atoms with Gasteiger partial charge in [0.15, 0.2) is 5.78 Å². The summed E-state index contributed by atoms with van der Waals surface area (Å²) in [6.07, 6.45) is 0. The topological polar surface area (TPSA) is 91.8 Å². The van der Waals surface area contributed by atoms with Crippen molar-refractivity contribution < 1.29 is 24.3 Å². The largest absolute Gasteiger partial charge is 0.478 e. The van der Waals surface area contributed by atoms with Gasteiger partial charge in [-0.1, -0.05) is 132 Å². The number of anilines is 1. The first-order valence-electron chi connectivity index (χ1n) is 16.1. The van der Waals surface area contributed by atoms with Crippen LogP contribution in [0.3, 0.4) is 0 Å². The van der Waals surface area contributed by atoms with Gasteiger partial charge in [-0.25, -0.2) is 9.69 Å². The van der Waals surface area contributed by atoms with Gasteiger partial charge in [0.1, 0.15) is 0 Å². The van der Waals surface area contributed by atoms with E-state index < -0.39 is 40.4 Å². The maximum absolute atomic E-state index is 16.0. The van der Waals surface area contributed by atoms with Crippen molar-refractivity contribution in [2.24, 2.45) is 11.8 Å². The monoisotopic (exact) mass is 663 g/mol. The van der Waals surface area contributed by atoms with Crippen LogP contribution in [0.25, 0.3) is 11.1 Å². The molecule has 6 nitrogen and oxygen atoms in total. The van der Waals surface area contributed by atoms with Crippen LogP contribution in [0.15, 0.2) is 127 Å². The molecule has 8 rings (SSSR count). The second-order valence-electron chi connectivity index (χ2n) is 13.1. The highest BCUT2D eigenvalue weighted by atomic mass is 35.5. The summed E-state index contributed by atoms with van der Waals surface area (Å²) >= 11 is 6.22. The number of carbonyl (C=O) groups is 4. The van der Waals surface area contributed by atoms with E-state index in [0.29, 0.717) is 22.3 Å². The molecule has 5 aromatic carbocycles. The smallest absolute Gasteiger partial charge is 0.337 e. The van der Waals surface area contributed by atoms with E-state index in [4.69, 9.17) is 11.6 Å². The van der Waals surface area contributed by atoms with Gasteiger partial charge in [0.2, 0.25) is 11.8 Å². The number of ketones is 1. The molecule has 1 saturated heterocycles. The third-order valence-corrected chi connectivity index (χ3v) is 10.9. The fraction of sp³-hybridized carbons (Fsp3) is 0.143. The lowest BCUT2D eigenvalue weighted by molar-refractivity contribution is -0.130. The molecule has 2 amide bonds. The van der Waals surface area contributed by atoms with Crippen LogP contribution in [0.2, 0.25) is 5.02 Å². The van der Waals surface area contributed by atoms with Crippen molar-refractivity contribution in [2.45, 2.75) is 24.7 Å². The average Bonchev–Trinajstić information content (AvgIpc) is 3.62. The summed E-state index contributed by atoms with van der Waals surface area (Å²) < 4.78 is 0. The number of imide groups is 1. The highest BCUT2D eigenvalue weighted by Crippen LogP contribution is 2.74. The van der Waals surface area contributed by atoms with Crippen LogP contribution in [-0.4, -0.2) is 28.7 Å². The third-order valence-electron chi connectivity index (χ3n) is 10.6. The number of rotatable bonds is 6. The summed E-state index contributed by atoms with van der Waals surface area (Å²) in [6, 6.07) is 38.6. The summed E-state index contributed by atoms with van der Waals surface area (Å²) in [4.78, 5) is 59.4. The van der Waals surface area contributed by atoms with Crippen LogP contribution in [0.1, 0.15) is 43.7 Å². The van der Waals surface area contributed by atoms with E-state index in [1.54, 1.807) is 0 Å². The molecule has 1 aliphatic heterocycles. The van der Waals surface area contributed by atoms with Crippen molar-refractivity contribution in [3.8, 4) is 0 Å². The summed E-state index contributed by atoms with van der Waals surface area (Å²) in [5.74, 6) is -4.86. The van der Waals surface area contributed by atoms with Crippen LogP contribution in [-0.2, 0) is 25.2 Å². The molecule has 0 aromatic heterocycles. The van der Waals surface area contributed by atoms with E-state index >= 15 is 14.4 Å². The molecule has 7 heteroatoms. The Morgan fingerprint density at radius 3 is 1.47 bits per heavy atom. The van der Waals surface area contributed by atoms with Gasteiger partial charge in [-0.3, -0.25) is 14.4 Å². The fourth-order valence-electron chi connectivity index (χ4n) is 8.64. The lowest BCUT2D eigenvalue weighted by Crippen LogP contribution is -2.45. The average molecular weight is 664 g/mol. The van der Waals surface area contributed by atoms with E-state index in [0.717, 1.165) is 27.2 Å². The van der Waals surface area contributed by atoms with Crippen molar-refractivity contribution >= 4 is 52.0 Å². The predicted molar refractivity (Wildman–Crippen MR) is 188 cm³/mol. The predicted octanol–water partition coefficient (Wildman–Crippen LogP) is 7.84. The van der Waals surface area contributed by atoms with E-state index in [-0.39, 0.29) is 22.1 Å². The Bertz CT molecular complexity index is 2120. The maximum atomic E-state index is 16.0. The molecule has 1 N–H and O–H groups in total. The molecule has 2 fully saturated rings. The van der Waals surface area contributed by atoms with Crippen molar-refractivity contribution in [3.05, 3.63) is 171 Å². The van der Waals surface area contributed by atoms with Crippen LogP contribution in [0.4, 0.5) is 5.69 Å². The first-order chi connectivity index (χ1) is 23.6. The number of hydrogen-bond donors (Lipinski definition) is 1. The number of Topliss-reactive ketones (excluding diaryl/α,β-unsaturated/α-hetero) is 1. The number of benzene rings is 5. The molecule has 0 unspecified atom stereocenters. The molecule has 1 heterocycles. The number of nitrogens with zero attached hydrogens (tertiary/aromatic N) is 1. The van der Waals surface area contributed by atoms with Crippen molar-refractivity contribution in [2.75, 3.05) is 4.90 Å². The van der Waals surface area contributed by atoms with Gasteiger partial charge < -0.3 is 5.11 Å². The maximum Gasteiger partial charge on any atom is 0.337 e. The van der Waals surface area contributed by atoms with Gasteiger partial charge in [-0.05, 0) is 65.4 Å². The third kappa shape index (κ3) is 4.01. The lowest BCUT2D eigenvalue weighted by Gasteiger charge is -2.39. The summed E-state index contributed by atoms with van der Waals surface area (Å²) in [5, 5.41) is 9.85. The second kappa shape index (κ2) is 11.0. The first-order valence-corrected chi connectivity index (χ1v) is 16.5. The minimum absolute atomic E-state index is 0.0164. The van der Waals surface area contributed by atoms with Crippen molar-refractivity contribution in [1.82, 2.24) is 0 Å². The number of aromatic carboxylic acids is 1. The van der Waals surface area contributed by atoms with Crippen LogP contribution in [0, 0.1) is 25.7 Å². The summed E-state index contributed by atoms with van der Waals surface area (Å²) in [7, 11) is 0. The van der Waals surface area contributed by atoms with Gasteiger partial charge in [-0.2, -0.15) is 0 Å². The first kappa shape index (κ1) is 30.7. The van der Waals surface area contributed by atoms with Gasteiger partial charge in [0, 0.05) is 0 Å². The minimum Gasteiger partial charge on any atom is -0.478 e. The molecule has 49 heavy (non-hydrogen) atoms. The lowest BCUT2D eigenvalue weighted by atomic mass is 9.59. The highest BCUT2D eigenvalue weighted by molar-refractivity contribution is 6.39. The quantitative estimate of drug-likeness (QED) is 0.187. The van der Waals surface area contributed by atoms with Gasteiger partial charge >= 0.3 is 5.97 Å². The van der Waals surface area contributed by atoms with Gasteiger partial charge in [0.25, 0.3) is 0 Å². The Labute approximate surface area is 288 Å². The summed E-state index contributed by atoms with van der Waals surface area (Å²) in [5.41, 5.74) is 3.04. The molecule has 1 saturated carbocycles. The molecular weight excluding hydrogens is 634 g/mol. The van der Waals surface area contributed by atoms with Crippen LogP contribution >= 0.6 is 11.6 Å². The molecule has 4 atom stereocenters. The minimum atomic E-state index is -1.55. The molecule has 5 aromatic rings. The molecule has 2 bridgehead atoms. The SMILES string of the molecule is Cc1ccc(C2=C(c3ccc(C)cc3)[C@@]3(c4ccccc4)C(=O)[C@@]2(c2ccccc2)[C@H]2C(=O)N(c4ccc(Cl)c(C(=O)O)c4)C(=O)[C@@H]23)cc1. The second-order valence-corrected chi connectivity index (χ2v) is 13.5. The molecular formula is C42H30ClNO5. The molecule has 0 radical (unpaired) electrons. The molecule has 0 spiro atoms. The van der Waals surface area contributed by atoms with Crippen molar-refractivity contribution in [3.63, 3.8) is 0 Å². The van der Waals surface area contributed by atoms with Crippen LogP contribution < -0.4 is 4.90 Å². The highest BCUT2D eigenvalue weighted by Gasteiger charge is 2.82. The van der Waals surface area contributed by atoms with Gasteiger partial charge in [-0.15, -0.1) is 0 Å². The van der Waals surface area contributed by atoms with E-state index in [1.807, 2.05) is 123 Å². The normalized spacial score (nSPS) is 24.1. The van der Waals surface area contributed by atoms with Gasteiger partial charge in [0.05, 0.1) is 38.9 Å². The zero-order valence-electron chi connectivity index (χ0n) is 26.7. The summed E-state index contributed by atoms with van der Waals surface area (Å²) in [6.45, 7) is 3.99. The zero-order valence-corrected chi connectivity index (χ0v) is 27.4. The number of carboxylic acid groups (broad SMARTS) is 1. The number of hydrogen-bond acceptors (Lipinski definition) is 4. The number of amides is 2. The fourth-order valence-corrected chi connectivity index (χ4v) is 8.83. The Balaban J connectivity index is 1.53. The number of aryl methyl sites for hydroxylation is 2. The Morgan fingerprint density at radius 2 is 1.06 bits per heavy atom. The number of allylic oxidation sites excluding steroid dienone is 2. The van der Waals surface area contributed by atoms with Crippen molar-refractivity contribution in [1.29, 1.82) is 0 Å². The Morgan fingerprint density at radius 1 is 0.633 bits per heavy atom. The van der Waals surface area contributed by atoms with Crippen LogP contribution in [0.5, 0.6) is 0 Å². The zero-order chi connectivity index (χ0) is 34.2. The number of carbonyl (C=O) groups excluding carboxylic acids is 3. The van der Waals surface area contributed by atoms with E-state index in [1.165, 1.54) is 18.2 Å². The standard InChI is InChI=1S/C42H30ClNO5/c1-24-13-17-26(18-14-24)33-34(27-19-15-25(2)16-20-27)42(29-11-7-4-8-12-29)36-35(41(33,40(42)49)28-9-5-3-6-10-28)37(45)44(38(36)46)30-21-22-32(43)31(23-30)39(47)48/h3-23,35-36H,1-2H3,(H,47,48)/t35-,36-,41-,42-/m1/s1. The Kier molecular flexibility index (Phi) is 6.88. The number of carboxylic acids is 1. The molecule has 2 aliphatic carbocycles. The van der Waals surface area contributed by atoms with E-state index in [2.05, 4.69) is 0 Å². The van der Waals surface area contributed by atoms with E-state index in [9.17, 15) is 9.90 Å². The number of halogens is 1. The number of fused-ring (bicyclic) bond motifs is 5. The molecule has 240 valence electrons. The molecule has 3 aliphatic rings. The Hall–Kier alpha value is -5.59.